The van der Waals surface area contributed by atoms with Gasteiger partial charge in [0.05, 0.1) is 4.48 Å². The second kappa shape index (κ2) is 4.04. The Morgan fingerprint density at radius 1 is 1.33 bits per heavy atom. The molecule has 0 aromatic rings. The molecule has 52 valence electrons. The number of nitrogens with two attached hydrogens (primary N) is 2. The summed E-state index contributed by atoms with van der Waals surface area (Å²) in [5.41, 5.74) is 10.2. The summed E-state index contributed by atoms with van der Waals surface area (Å²) in [6.07, 6.45) is 1.41. The van der Waals surface area contributed by atoms with Gasteiger partial charge in [0.25, 0.3) is 0 Å². The summed E-state index contributed by atoms with van der Waals surface area (Å²) in [6, 6.07) is 0. The molecule has 0 amide bonds. The fourth-order valence-electron chi connectivity index (χ4n) is 0.190. The van der Waals surface area contributed by atoms with E-state index >= 15 is 0 Å². The van der Waals surface area contributed by atoms with Crippen molar-refractivity contribution in [1.82, 2.24) is 0 Å². The van der Waals surface area contributed by atoms with Gasteiger partial charge in [-0.3, -0.25) is 0 Å². The summed E-state index contributed by atoms with van der Waals surface area (Å²) in [6.45, 7) is 0. The number of allylic oxidation sites excluding steroid dienone is 2. The Bertz CT molecular complexity index is 156. The molecular formula is C4H5BrCl2N2. The van der Waals surface area contributed by atoms with Gasteiger partial charge in [-0.15, -0.1) is 0 Å². The molecule has 4 N–H and O–H groups in total. The van der Waals surface area contributed by atoms with Gasteiger partial charge in [-0.2, -0.15) is 0 Å². The molecule has 0 saturated carbocycles. The molecule has 0 aliphatic carbocycles. The standard InChI is InChI=1S/C4H5BrCl2N2/c5-2(4(7)9)1-3(6)8/h1H,8-9H2/b3-1-,4-2+. The normalized spacial score (nSPS) is 15.2. The number of hydrogen-bond donors (Lipinski definition) is 2. The molecule has 2 nitrogen and oxygen atoms in total. The van der Waals surface area contributed by atoms with Gasteiger partial charge in [0.2, 0.25) is 0 Å². The Kier molecular flexibility index (Phi) is 4.10. The van der Waals surface area contributed by atoms with Gasteiger partial charge in [-0.1, -0.05) is 23.2 Å². The molecule has 9 heavy (non-hydrogen) atoms. The molecule has 0 bridgehead atoms. The lowest BCUT2D eigenvalue weighted by molar-refractivity contribution is 1.48. The third-order valence-corrected chi connectivity index (χ3v) is 1.69. The molecule has 0 atom stereocenters. The molecule has 0 rings (SSSR count). The van der Waals surface area contributed by atoms with Gasteiger partial charge in [0.1, 0.15) is 10.3 Å². The first-order valence-corrected chi connectivity index (χ1v) is 3.52. The molecular weight excluding hydrogens is 227 g/mol. The van der Waals surface area contributed by atoms with Gasteiger partial charge in [0, 0.05) is 0 Å². The quantitative estimate of drug-likeness (QED) is 0.534. The minimum atomic E-state index is 0.124. The molecule has 0 aromatic heterocycles. The van der Waals surface area contributed by atoms with Crippen LogP contribution in [0.3, 0.4) is 0 Å². The van der Waals surface area contributed by atoms with Crippen molar-refractivity contribution in [2.75, 3.05) is 0 Å². The molecule has 5 heteroatoms. The van der Waals surface area contributed by atoms with Crippen LogP contribution in [0.1, 0.15) is 0 Å². The zero-order valence-electron chi connectivity index (χ0n) is 4.37. The van der Waals surface area contributed by atoms with Crippen molar-refractivity contribution in [3.63, 3.8) is 0 Å². The zero-order valence-corrected chi connectivity index (χ0v) is 7.46. The van der Waals surface area contributed by atoms with Crippen LogP contribution in [0.25, 0.3) is 0 Å². The summed E-state index contributed by atoms with van der Waals surface area (Å²) in [7, 11) is 0. The maximum absolute atomic E-state index is 5.32. The molecule has 0 aliphatic heterocycles. The second-order valence-corrected chi connectivity index (χ2v) is 2.92. The first-order chi connectivity index (χ1) is 4.04. The van der Waals surface area contributed by atoms with Crippen LogP contribution in [0.5, 0.6) is 0 Å². The molecule has 0 saturated heterocycles. The van der Waals surface area contributed by atoms with Crippen LogP contribution in [-0.2, 0) is 0 Å². The van der Waals surface area contributed by atoms with Crippen LogP contribution in [0.15, 0.2) is 20.9 Å². The largest absolute Gasteiger partial charge is 0.389 e. The average Bonchev–Trinajstić information content (AvgIpc) is 1.63. The van der Waals surface area contributed by atoms with E-state index in [-0.39, 0.29) is 10.3 Å². The van der Waals surface area contributed by atoms with Crippen molar-refractivity contribution in [3.05, 3.63) is 20.9 Å². The summed E-state index contributed by atoms with van der Waals surface area (Å²) < 4.78 is 0.483. The van der Waals surface area contributed by atoms with Gasteiger partial charge in [-0.25, -0.2) is 0 Å². The van der Waals surface area contributed by atoms with Crippen molar-refractivity contribution < 1.29 is 0 Å². The second-order valence-electron chi connectivity index (χ2n) is 1.23. The number of halogens is 3. The summed E-state index contributed by atoms with van der Waals surface area (Å²) in [4.78, 5) is 0. The lowest BCUT2D eigenvalue weighted by atomic mass is 10.6. The Morgan fingerprint density at radius 3 is 1.89 bits per heavy atom. The fourth-order valence-corrected chi connectivity index (χ4v) is 0.732. The minimum absolute atomic E-state index is 0.124. The van der Waals surface area contributed by atoms with Crippen molar-refractivity contribution in [1.29, 1.82) is 0 Å². The third kappa shape index (κ3) is 4.63. The van der Waals surface area contributed by atoms with Crippen molar-refractivity contribution in [3.8, 4) is 0 Å². The Labute approximate surface area is 71.6 Å². The highest BCUT2D eigenvalue weighted by atomic mass is 79.9. The Balaban J connectivity index is 4.25. The summed E-state index contributed by atoms with van der Waals surface area (Å²) >= 11 is 13.6. The molecule has 0 fully saturated rings. The first kappa shape index (κ1) is 9.14. The van der Waals surface area contributed by atoms with Crippen molar-refractivity contribution in [2.45, 2.75) is 0 Å². The number of rotatable bonds is 1. The highest BCUT2D eigenvalue weighted by molar-refractivity contribution is 9.12. The van der Waals surface area contributed by atoms with E-state index in [1.807, 2.05) is 0 Å². The predicted molar refractivity (Wildman–Crippen MR) is 44.1 cm³/mol. The van der Waals surface area contributed by atoms with Gasteiger partial charge in [0.15, 0.2) is 0 Å². The smallest absolute Gasteiger partial charge is 0.114 e. The minimum Gasteiger partial charge on any atom is -0.389 e. The van der Waals surface area contributed by atoms with E-state index in [9.17, 15) is 0 Å². The van der Waals surface area contributed by atoms with E-state index < -0.39 is 0 Å². The van der Waals surface area contributed by atoms with Crippen LogP contribution in [0.2, 0.25) is 0 Å². The van der Waals surface area contributed by atoms with Crippen molar-refractivity contribution in [2.24, 2.45) is 11.5 Å². The predicted octanol–water partition coefficient (Wildman–Crippen LogP) is 1.79. The van der Waals surface area contributed by atoms with Crippen LogP contribution in [-0.4, -0.2) is 0 Å². The van der Waals surface area contributed by atoms with E-state index in [0.717, 1.165) is 0 Å². The monoisotopic (exact) mass is 230 g/mol. The van der Waals surface area contributed by atoms with Gasteiger partial charge in [-0.05, 0) is 22.0 Å². The van der Waals surface area contributed by atoms with E-state index in [2.05, 4.69) is 15.9 Å². The topological polar surface area (TPSA) is 52.0 Å². The van der Waals surface area contributed by atoms with E-state index in [1.54, 1.807) is 0 Å². The molecule has 0 heterocycles. The van der Waals surface area contributed by atoms with E-state index in [4.69, 9.17) is 34.7 Å². The van der Waals surface area contributed by atoms with Crippen LogP contribution in [0.4, 0.5) is 0 Å². The highest BCUT2D eigenvalue weighted by Crippen LogP contribution is 2.14. The maximum atomic E-state index is 5.32. The number of hydrogen-bond acceptors (Lipinski definition) is 2. The van der Waals surface area contributed by atoms with E-state index in [1.165, 1.54) is 6.08 Å². The third-order valence-electron chi connectivity index (χ3n) is 0.493. The van der Waals surface area contributed by atoms with Gasteiger partial charge >= 0.3 is 0 Å². The lowest BCUT2D eigenvalue weighted by Crippen LogP contribution is -1.92. The Hall–Kier alpha value is 0.140. The average molecular weight is 232 g/mol. The van der Waals surface area contributed by atoms with Crippen LogP contribution in [0, 0.1) is 0 Å². The molecule has 0 unspecified atom stereocenters. The first-order valence-electron chi connectivity index (χ1n) is 1.97. The lowest BCUT2D eigenvalue weighted by Gasteiger charge is -1.90. The molecule has 0 aliphatic rings. The van der Waals surface area contributed by atoms with E-state index in [0.29, 0.717) is 4.48 Å². The molecule has 0 spiro atoms. The van der Waals surface area contributed by atoms with Crippen LogP contribution < -0.4 is 11.5 Å². The van der Waals surface area contributed by atoms with Crippen molar-refractivity contribution >= 4 is 39.1 Å². The maximum Gasteiger partial charge on any atom is 0.114 e. The van der Waals surface area contributed by atoms with Crippen LogP contribution >= 0.6 is 39.1 Å². The zero-order chi connectivity index (χ0) is 7.44. The summed E-state index contributed by atoms with van der Waals surface area (Å²) in [5, 5.41) is 0.254. The molecule has 0 radical (unpaired) electrons. The summed E-state index contributed by atoms with van der Waals surface area (Å²) in [5.74, 6) is 0. The SMILES string of the molecule is N/C(Cl)=C(Br)\C=C(/N)Cl. The van der Waals surface area contributed by atoms with Gasteiger partial charge < -0.3 is 11.5 Å². The molecule has 0 aromatic carbocycles. The fraction of sp³-hybridized carbons (Fsp3) is 0. The Morgan fingerprint density at radius 2 is 1.78 bits per heavy atom. The highest BCUT2D eigenvalue weighted by Gasteiger charge is 1.91.